The first kappa shape index (κ1) is 21.8. The summed E-state index contributed by atoms with van der Waals surface area (Å²) in [7, 11) is 0. The molecule has 0 radical (unpaired) electrons. The number of ether oxygens (including phenoxy) is 1. The molecule has 3 fully saturated rings. The maximum Gasteiger partial charge on any atom is 0.419 e. The first-order valence-electron chi connectivity index (χ1n) is 11.9. The molecule has 1 saturated carbocycles. The lowest BCUT2D eigenvalue weighted by molar-refractivity contribution is -0.137. The van der Waals surface area contributed by atoms with E-state index in [1.165, 1.54) is 19.0 Å². The third kappa shape index (κ3) is 3.84. The molecule has 1 spiro atoms. The molecule has 2 aromatic rings. The average molecular weight is 477 g/mol. The van der Waals surface area contributed by atoms with Crippen LogP contribution in [-0.2, 0) is 17.3 Å². The molecule has 1 atom stereocenters. The van der Waals surface area contributed by atoms with E-state index in [0.29, 0.717) is 49.4 Å². The van der Waals surface area contributed by atoms with Crippen LogP contribution >= 0.6 is 0 Å². The summed E-state index contributed by atoms with van der Waals surface area (Å²) in [6, 6.07) is 0.0728. The third-order valence-electron chi connectivity index (χ3n) is 7.58. The fraction of sp³-hybridized carbons (Fsp3) is 0.609. The van der Waals surface area contributed by atoms with Gasteiger partial charge in [0.15, 0.2) is 0 Å². The van der Waals surface area contributed by atoms with Crippen LogP contribution in [0.5, 0.6) is 0 Å². The smallest absolute Gasteiger partial charge is 0.377 e. The third-order valence-corrected chi connectivity index (χ3v) is 7.58. The Hall–Kier alpha value is -2.66. The number of nitrogens with zero attached hydrogens (tertiary/aromatic N) is 3. The number of carbonyl (C=O) groups is 1. The zero-order valence-corrected chi connectivity index (χ0v) is 18.7. The molecule has 34 heavy (non-hydrogen) atoms. The molecule has 3 aliphatic heterocycles. The van der Waals surface area contributed by atoms with Gasteiger partial charge in [0.25, 0.3) is 5.91 Å². The summed E-state index contributed by atoms with van der Waals surface area (Å²) in [5.41, 5.74) is 0.410. The Balaban J connectivity index is 1.32. The minimum absolute atomic E-state index is 0.0182. The Bertz CT molecular complexity index is 1100. The van der Waals surface area contributed by atoms with Crippen LogP contribution in [0.2, 0.25) is 0 Å². The highest BCUT2D eigenvalue weighted by atomic mass is 19.4. The Labute approximate surface area is 194 Å². The lowest BCUT2D eigenvalue weighted by atomic mass is 9.99. The maximum absolute atomic E-state index is 13.9. The topological polar surface area (TPSA) is 95.2 Å². The second-order valence-electron chi connectivity index (χ2n) is 9.84. The number of hydrogen-bond acceptors (Lipinski definition) is 6. The number of rotatable bonds is 4. The zero-order chi connectivity index (χ0) is 23.5. The van der Waals surface area contributed by atoms with Gasteiger partial charge in [0, 0.05) is 42.6 Å². The van der Waals surface area contributed by atoms with Gasteiger partial charge in [-0.3, -0.25) is 4.79 Å². The summed E-state index contributed by atoms with van der Waals surface area (Å²) < 4.78 is 47.0. The monoisotopic (exact) mass is 476 g/mol. The largest absolute Gasteiger partial charge is 0.419 e. The van der Waals surface area contributed by atoms with E-state index >= 15 is 0 Å². The van der Waals surface area contributed by atoms with Crippen molar-refractivity contribution in [1.29, 1.82) is 0 Å². The Morgan fingerprint density at radius 1 is 1.24 bits per heavy atom. The molecule has 1 aliphatic carbocycles. The molecule has 4 aliphatic rings. The van der Waals surface area contributed by atoms with Crippen LogP contribution < -0.4 is 10.6 Å². The first-order valence-corrected chi connectivity index (χ1v) is 11.9. The summed E-state index contributed by atoms with van der Waals surface area (Å²) in [5, 5.41) is 6.75. The van der Waals surface area contributed by atoms with Crippen LogP contribution in [0.3, 0.4) is 0 Å². The average Bonchev–Trinajstić information content (AvgIpc) is 3.43. The van der Waals surface area contributed by atoms with E-state index in [4.69, 9.17) is 4.74 Å². The molecular weight excluding hydrogens is 449 g/mol. The van der Waals surface area contributed by atoms with Crippen LogP contribution in [-0.4, -0.2) is 69.7 Å². The van der Waals surface area contributed by atoms with Crippen LogP contribution in [0.4, 0.5) is 19.1 Å². The van der Waals surface area contributed by atoms with E-state index < -0.39 is 11.7 Å². The van der Waals surface area contributed by atoms with Crippen LogP contribution in [0.15, 0.2) is 12.4 Å². The van der Waals surface area contributed by atoms with Crippen molar-refractivity contribution in [2.75, 3.05) is 31.6 Å². The number of aromatic nitrogens is 3. The van der Waals surface area contributed by atoms with Crippen molar-refractivity contribution in [1.82, 2.24) is 25.2 Å². The molecule has 182 valence electrons. The molecule has 3 N–H and O–H groups in total. The van der Waals surface area contributed by atoms with Crippen molar-refractivity contribution >= 4 is 11.9 Å². The summed E-state index contributed by atoms with van der Waals surface area (Å²) in [5.74, 6) is -0.0278. The van der Waals surface area contributed by atoms with Crippen LogP contribution in [0.25, 0.3) is 11.3 Å². The van der Waals surface area contributed by atoms with Gasteiger partial charge in [-0.15, -0.1) is 0 Å². The number of carbonyl (C=O) groups excluding carboxylic acids is 1. The fourth-order valence-corrected chi connectivity index (χ4v) is 5.27. The minimum Gasteiger partial charge on any atom is -0.377 e. The molecule has 0 aromatic carbocycles. The van der Waals surface area contributed by atoms with Crippen molar-refractivity contribution in [2.45, 2.75) is 62.3 Å². The SMILES string of the molecule is O=C1c2[nH]cc(-c3nc(N[C@H]4CCC5(CC5)NC4)ncc3C(F)(F)F)c2CCCN1C1COC1. The molecule has 6 rings (SSSR count). The van der Waals surface area contributed by atoms with Crippen LogP contribution in [0, 0.1) is 0 Å². The lowest BCUT2D eigenvalue weighted by Gasteiger charge is -2.36. The normalized spacial score (nSPS) is 24.5. The summed E-state index contributed by atoms with van der Waals surface area (Å²) >= 11 is 0. The Morgan fingerprint density at radius 2 is 2.06 bits per heavy atom. The van der Waals surface area contributed by atoms with Crippen molar-refractivity contribution in [3.8, 4) is 11.3 Å². The highest BCUT2D eigenvalue weighted by molar-refractivity contribution is 5.97. The molecular formula is C23H27F3N6O2. The second kappa shape index (κ2) is 7.94. The van der Waals surface area contributed by atoms with Gasteiger partial charge in [-0.1, -0.05) is 0 Å². The van der Waals surface area contributed by atoms with Crippen molar-refractivity contribution in [3.63, 3.8) is 0 Å². The van der Waals surface area contributed by atoms with Gasteiger partial charge < -0.3 is 25.3 Å². The molecule has 2 aromatic heterocycles. The van der Waals surface area contributed by atoms with Crippen LogP contribution in [0.1, 0.15) is 53.7 Å². The van der Waals surface area contributed by atoms with Gasteiger partial charge in [-0.2, -0.15) is 13.2 Å². The number of halogens is 3. The van der Waals surface area contributed by atoms with E-state index in [-0.39, 0.29) is 35.2 Å². The predicted octanol–water partition coefficient (Wildman–Crippen LogP) is 2.97. The van der Waals surface area contributed by atoms with Crippen molar-refractivity contribution in [3.05, 3.63) is 29.2 Å². The minimum atomic E-state index is -4.62. The zero-order valence-electron chi connectivity index (χ0n) is 18.7. The second-order valence-corrected chi connectivity index (χ2v) is 9.84. The number of fused-ring (bicyclic) bond motifs is 1. The summed E-state index contributed by atoms with van der Waals surface area (Å²) in [6.07, 6.45) is 3.17. The van der Waals surface area contributed by atoms with Gasteiger partial charge in [0.05, 0.1) is 24.9 Å². The van der Waals surface area contributed by atoms with E-state index in [2.05, 4.69) is 25.6 Å². The Kier molecular flexibility index (Phi) is 5.10. The molecule has 5 heterocycles. The number of alkyl halides is 3. The fourth-order valence-electron chi connectivity index (χ4n) is 5.27. The van der Waals surface area contributed by atoms with E-state index in [9.17, 15) is 18.0 Å². The summed E-state index contributed by atoms with van der Waals surface area (Å²) in [4.78, 5) is 26.2. The number of anilines is 1. The quantitative estimate of drug-likeness (QED) is 0.628. The van der Waals surface area contributed by atoms with E-state index in [1.54, 1.807) is 4.90 Å². The number of piperidine rings is 1. The number of aromatic amines is 1. The highest BCUT2D eigenvalue weighted by Crippen LogP contribution is 2.42. The van der Waals surface area contributed by atoms with E-state index in [0.717, 1.165) is 25.6 Å². The van der Waals surface area contributed by atoms with Crippen molar-refractivity contribution < 1.29 is 22.7 Å². The molecule has 2 saturated heterocycles. The first-order chi connectivity index (χ1) is 16.3. The highest BCUT2D eigenvalue weighted by Gasteiger charge is 2.45. The van der Waals surface area contributed by atoms with Gasteiger partial charge in [-0.25, -0.2) is 9.97 Å². The standard InChI is InChI=1S/C23H27F3N6O2/c24-23(25,26)17-10-28-21(30-13-3-4-22(5-6-22)29-8-13)31-18(17)16-9-27-19-15(16)2-1-7-32(20(19)33)14-11-34-12-14/h9-10,13-14,27,29H,1-8,11-12H2,(H,28,30,31)/t13-/m0/s1. The van der Waals surface area contributed by atoms with Gasteiger partial charge in [0.1, 0.15) is 11.3 Å². The van der Waals surface area contributed by atoms with E-state index in [1.807, 2.05) is 0 Å². The molecule has 11 heteroatoms. The molecule has 0 bridgehead atoms. The number of H-pyrrole nitrogens is 1. The van der Waals surface area contributed by atoms with Gasteiger partial charge in [0.2, 0.25) is 5.95 Å². The lowest BCUT2D eigenvalue weighted by Crippen LogP contribution is -2.51. The van der Waals surface area contributed by atoms with Gasteiger partial charge >= 0.3 is 6.18 Å². The predicted molar refractivity (Wildman–Crippen MR) is 117 cm³/mol. The molecule has 0 unspecified atom stereocenters. The van der Waals surface area contributed by atoms with Crippen molar-refractivity contribution in [2.24, 2.45) is 0 Å². The molecule has 8 nitrogen and oxygen atoms in total. The number of hydrogen-bond donors (Lipinski definition) is 3. The molecule has 1 amide bonds. The van der Waals surface area contributed by atoms with Gasteiger partial charge in [-0.05, 0) is 44.1 Å². The summed E-state index contributed by atoms with van der Waals surface area (Å²) in [6.45, 7) is 2.26. The number of nitrogens with one attached hydrogen (secondary N) is 3. The maximum atomic E-state index is 13.9. The number of amides is 1. The Morgan fingerprint density at radius 3 is 2.71 bits per heavy atom.